The molecule has 0 spiro atoms. The number of hydrogen-bond donors (Lipinski definition) is 1. The van der Waals surface area contributed by atoms with Gasteiger partial charge in [0.2, 0.25) is 10.0 Å². The van der Waals surface area contributed by atoms with Gasteiger partial charge in [0, 0.05) is 12.6 Å². The van der Waals surface area contributed by atoms with Gasteiger partial charge < -0.3 is 4.57 Å². The third-order valence-corrected chi connectivity index (χ3v) is 6.61. The highest BCUT2D eigenvalue weighted by Crippen LogP contribution is 2.25. The number of aryl methyl sites for hydroxylation is 1. The van der Waals surface area contributed by atoms with Crippen molar-refractivity contribution in [2.75, 3.05) is 7.05 Å². The molecule has 1 saturated carbocycles. The molecule has 6 nitrogen and oxygen atoms in total. The summed E-state index contributed by atoms with van der Waals surface area (Å²) in [4.78, 5) is 7.35. The van der Waals surface area contributed by atoms with Crippen LogP contribution in [0.25, 0.3) is 11.0 Å². The van der Waals surface area contributed by atoms with Crippen molar-refractivity contribution >= 4 is 21.1 Å². The van der Waals surface area contributed by atoms with Crippen LogP contribution < -0.4 is 5.14 Å². The minimum atomic E-state index is -3.72. The molecule has 1 aromatic heterocycles. The summed E-state index contributed by atoms with van der Waals surface area (Å²) in [6, 6.07) is 5.63. The maximum absolute atomic E-state index is 11.7. The number of rotatable bonds is 7. The Hall–Kier alpha value is -1.44. The van der Waals surface area contributed by atoms with Crippen molar-refractivity contribution < 1.29 is 8.42 Å². The predicted molar refractivity (Wildman–Crippen MR) is 109 cm³/mol. The van der Waals surface area contributed by atoms with Crippen molar-refractivity contribution in [1.29, 1.82) is 0 Å². The van der Waals surface area contributed by atoms with Crippen LogP contribution in [0.4, 0.5) is 0 Å². The van der Waals surface area contributed by atoms with Crippen LogP contribution in [0.1, 0.15) is 64.1 Å². The fraction of sp³-hybridized carbons (Fsp3) is 0.650. The quantitative estimate of drug-likeness (QED) is 0.730. The highest BCUT2D eigenvalue weighted by molar-refractivity contribution is 7.89. The molecule has 27 heavy (non-hydrogen) atoms. The monoisotopic (exact) mass is 392 g/mol. The Kier molecular flexibility index (Phi) is 6.55. The Bertz CT molecular complexity index is 867. The first-order valence-electron chi connectivity index (χ1n) is 10.1. The van der Waals surface area contributed by atoms with Gasteiger partial charge in [0.05, 0.1) is 22.5 Å². The Labute approximate surface area is 162 Å². The minimum absolute atomic E-state index is 0.124. The molecule has 0 unspecified atom stereocenters. The van der Waals surface area contributed by atoms with Gasteiger partial charge in [-0.2, -0.15) is 0 Å². The smallest absolute Gasteiger partial charge is 0.238 e. The number of primary sulfonamides is 1. The molecule has 0 radical (unpaired) electrons. The van der Waals surface area contributed by atoms with E-state index in [1.807, 2.05) is 6.07 Å². The molecule has 1 heterocycles. The van der Waals surface area contributed by atoms with Crippen molar-refractivity contribution in [2.24, 2.45) is 5.14 Å². The van der Waals surface area contributed by atoms with Gasteiger partial charge in [-0.05, 0) is 44.5 Å². The number of hydrogen-bond acceptors (Lipinski definition) is 4. The maximum atomic E-state index is 11.7. The number of imidazole rings is 1. The third kappa shape index (κ3) is 4.89. The summed E-state index contributed by atoms with van der Waals surface area (Å²) in [6.07, 6.45) is 9.97. The summed E-state index contributed by atoms with van der Waals surface area (Å²) in [5, 5.41) is 5.30. The molecule has 2 aromatic rings. The number of fused-ring (bicyclic) bond motifs is 1. The summed E-state index contributed by atoms with van der Waals surface area (Å²) < 4.78 is 25.6. The number of benzene rings is 1. The fourth-order valence-corrected chi connectivity index (χ4v) is 4.61. The average Bonchev–Trinajstić information content (AvgIpc) is 2.79. The number of unbranched alkanes of at least 4 members (excludes halogenated alkanes) is 1. The zero-order valence-corrected chi connectivity index (χ0v) is 17.3. The van der Waals surface area contributed by atoms with Crippen LogP contribution in [0.15, 0.2) is 23.1 Å². The molecule has 3 rings (SSSR count). The maximum Gasteiger partial charge on any atom is 0.238 e. The number of nitrogens with two attached hydrogens (primary N) is 1. The second kappa shape index (κ2) is 8.71. The minimum Gasteiger partial charge on any atom is -0.327 e. The van der Waals surface area contributed by atoms with E-state index in [1.54, 1.807) is 12.1 Å². The van der Waals surface area contributed by atoms with Crippen molar-refractivity contribution in [3.05, 3.63) is 24.0 Å². The molecule has 1 fully saturated rings. The molecule has 0 aliphatic heterocycles. The molecule has 1 aliphatic carbocycles. The Balaban J connectivity index is 1.91. The first-order chi connectivity index (χ1) is 12.9. The van der Waals surface area contributed by atoms with Gasteiger partial charge >= 0.3 is 0 Å². The molecule has 0 saturated heterocycles. The van der Waals surface area contributed by atoms with Gasteiger partial charge in [0.25, 0.3) is 0 Å². The van der Waals surface area contributed by atoms with Crippen molar-refractivity contribution in [2.45, 2.75) is 82.3 Å². The van der Waals surface area contributed by atoms with E-state index in [0.717, 1.165) is 37.3 Å². The lowest BCUT2D eigenvalue weighted by molar-refractivity contribution is 0.206. The molecule has 0 bridgehead atoms. The van der Waals surface area contributed by atoms with Gasteiger partial charge in [-0.15, -0.1) is 0 Å². The molecule has 150 valence electrons. The van der Waals surface area contributed by atoms with E-state index in [9.17, 15) is 8.42 Å². The Morgan fingerprint density at radius 3 is 2.56 bits per heavy atom. The van der Waals surface area contributed by atoms with Crippen LogP contribution in [-0.4, -0.2) is 36.0 Å². The van der Waals surface area contributed by atoms with Crippen LogP contribution in [0.2, 0.25) is 0 Å². The summed E-state index contributed by atoms with van der Waals surface area (Å²) >= 11 is 0. The number of aromatic nitrogens is 2. The SMILES string of the molecule is CCCCn1c(CN(C)C2CCCCCC2)nc2cc(S(N)(=O)=O)ccc21. The summed E-state index contributed by atoms with van der Waals surface area (Å²) in [7, 11) is -1.53. The second-order valence-electron chi connectivity index (χ2n) is 7.79. The molecular formula is C20H32N4O2S. The highest BCUT2D eigenvalue weighted by Gasteiger charge is 2.20. The van der Waals surface area contributed by atoms with E-state index in [2.05, 4.69) is 23.4 Å². The van der Waals surface area contributed by atoms with Crippen molar-refractivity contribution in [1.82, 2.24) is 14.5 Å². The van der Waals surface area contributed by atoms with E-state index < -0.39 is 10.0 Å². The Morgan fingerprint density at radius 1 is 1.22 bits per heavy atom. The predicted octanol–water partition coefficient (Wildman–Crippen LogP) is 3.64. The van der Waals surface area contributed by atoms with Gasteiger partial charge in [0.15, 0.2) is 0 Å². The first-order valence-corrected chi connectivity index (χ1v) is 11.7. The first kappa shape index (κ1) is 20.3. The summed E-state index contributed by atoms with van der Waals surface area (Å²) in [6.45, 7) is 3.86. The van der Waals surface area contributed by atoms with Crippen molar-refractivity contribution in [3.8, 4) is 0 Å². The molecule has 1 aliphatic rings. The standard InChI is InChI=1S/C20H32N4O2S/c1-3-4-13-24-19-12-11-17(27(21,25)26)14-18(19)22-20(24)15-23(2)16-9-7-5-6-8-10-16/h11-12,14,16H,3-10,13,15H2,1-2H3,(H2,21,25,26). The van der Waals surface area contributed by atoms with Crippen molar-refractivity contribution in [3.63, 3.8) is 0 Å². The largest absolute Gasteiger partial charge is 0.327 e. The molecule has 7 heteroatoms. The number of nitrogens with zero attached hydrogens (tertiary/aromatic N) is 3. The van der Waals surface area contributed by atoms with Gasteiger partial charge in [-0.25, -0.2) is 18.5 Å². The molecule has 0 atom stereocenters. The van der Waals surface area contributed by atoms with Crippen LogP contribution in [0.5, 0.6) is 0 Å². The molecule has 2 N–H and O–H groups in total. The van der Waals surface area contributed by atoms with Gasteiger partial charge in [-0.3, -0.25) is 4.90 Å². The molecule has 0 amide bonds. The zero-order chi connectivity index (χ0) is 19.4. The van der Waals surface area contributed by atoms with E-state index in [1.165, 1.54) is 38.5 Å². The lowest BCUT2D eigenvalue weighted by atomic mass is 10.1. The van der Waals surface area contributed by atoms with Gasteiger partial charge in [0.1, 0.15) is 5.82 Å². The number of sulfonamides is 1. The van der Waals surface area contributed by atoms with E-state index in [-0.39, 0.29) is 4.90 Å². The zero-order valence-electron chi connectivity index (χ0n) is 16.5. The highest BCUT2D eigenvalue weighted by atomic mass is 32.2. The van der Waals surface area contributed by atoms with E-state index in [0.29, 0.717) is 11.6 Å². The third-order valence-electron chi connectivity index (χ3n) is 5.70. The normalized spacial score (nSPS) is 16.9. The van der Waals surface area contributed by atoms with Crippen LogP contribution in [0, 0.1) is 0 Å². The average molecular weight is 393 g/mol. The lowest BCUT2D eigenvalue weighted by Gasteiger charge is -2.27. The second-order valence-corrected chi connectivity index (χ2v) is 9.35. The van der Waals surface area contributed by atoms with E-state index >= 15 is 0 Å². The van der Waals surface area contributed by atoms with Crippen LogP contribution in [0.3, 0.4) is 0 Å². The molecule has 1 aromatic carbocycles. The van der Waals surface area contributed by atoms with Crippen LogP contribution >= 0.6 is 0 Å². The Morgan fingerprint density at radius 2 is 1.93 bits per heavy atom. The lowest BCUT2D eigenvalue weighted by Crippen LogP contribution is -2.31. The van der Waals surface area contributed by atoms with Crippen LogP contribution in [-0.2, 0) is 23.1 Å². The molecular weight excluding hydrogens is 360 g/mol. The van der Waals surface area contributed by atoms with E-state index in [4.69, 9.17) is 10.1 Å². The van der Waals surface area contributed by atoms with Gasteiger partial charge in [-0.1, -0.05) is 39.0 Å². The fourth-order valence-electron chi connectivity index (χ4n) is 4.07. The summed E-state index contributed by atoms with van der Waals surface area (Å²) in [5.74, 6) is 1.01. The topological polar surface area (TPSA) is 81.2 Å². The summed E-state index contributed by atoms with van der Waals surface area (Å²) in [5.41, 5.74) is 1.70.